The Labute approximate surface area is 121 Å². The van der Waals surface area contributed by atoms with E-state index in [0.717, 1.165) is 0 Å². The van der Waals surface area contributed by atoms with E-state index in [9.17, 15) is 19.8 Å². The Morgan fingerprint density at radius 2 is 2.00 bits per heavy atom. The van der Waals surface area contributed by atoms with Crippen LogP contribution in [0.15, 0.2) is 30.9 Å². The minimum atomic E-state index is -1.22. The lowest BCUT2D eigenvalue weighted by Gasteiger charge is -2.17. The molecule has 21 heavy (non-hydrogen) atoms. The van der Waals surface area contributed by atoms with E-state index in [1.807, 2.05) is 0 Å². The van der Waals surface area contributed by atoms with Gasteiger partial charge in [0.05, 0.1) is 6.04 Å². The van der Waals surface area contributed by atoms with E-state index in [4.69, 9.17) is 10.8 Å². The Hall–Kier alpha value is -2.54. The fourth-order valence-corrected chi connectivity index (χ4v) is 1.70. The van der Waals surface area contributed by atoms with Crippen molar-refractivity contribution in [3.8, 4) is 11.5 Å². The van der Waals surface area contributed by atoms with Crippen molar-refractivity contribution in [2.45, 2.75) is 24.9 Å². The van der Waals surface area contributed by atoms with Crippen LogP contribution in [0.4, 0.5) is 0 Å². The number of phenolic OH excluding ortho intramolecular Hbond substituents is 2. The first-order valence-corrected chi connectivity index (χ1v) is 6.25. The fourth-order valence-electron chi connectivity index (χ4n) is 1.70. The zero-order chi connectivity index (χ0) is 16.0. The predicted octanol–water partition coefficient (Wildman–Crippen LogP) is 0.113. The average Bonchev–Trinajstić information content (AvgIpc) is 2.42. The van der Waals surface area contributed by atoms with Crippen LogP contribution in [0.1, 0.15) is 12.0 Å². The number of hydrogen-bond donors (Lipinski definition) is 5. The van der Waals surface area contributed by atoms with Crippen molar-refractivity contribution in [3.63, 3.8) is 0 Å². The first kappa shape index (κ1) is 16.5. The third-order valence-corrected chi connectivity index (χ3v) is 2.85. The Morgan fingerprint density at radius 3 is 2.52 bits per heavy atom. The van der Waals surface area contributed by atoms with Gasteiger partial charge < -0.3 is 26.4 Å². The average molecular weight is 294 g/mol. The van der Waals surface area contributed by atoms with Crippen LogP contribution in [0.2, 0.25) is 0 Å². The molecule has 1 unspecified atom stereocenters. The quantitative estimate of drug-likeness (QED) is 0.358. The largest absolute Gasteiger partial charge is 0.504 e. The second-order valence-electron chi connectivity index (χ2n) is 4.56. The molecule has 7 heteroatoms. The normalized spacial score (nSPS) is 13.2. The molecule has 0 saturated heterocycles. The highest BCUT2D eigenvalue weighted by Gasteiger charge is 2.23. The third kappa shape index (κ3) is 4.81. The van der Waals surface area contributed by atoms with Crippen molar-refractivity contribution in [3.05, 3.63) is 36.4 Å². The van der Waals surface area contributed by atoms with Gasteiger partial charge in [0, 0.05) is 6.42 Å². The molecule has 0 bridgehead atoms. The number of carboxylic acid groups (broad SMARTS) is 1. The molecule has 7 nitrogen and oxygen atoms in total. The second-order valence-corrected chi connectivity index (χ2v) is 4.56. The molecule has 0 aromatic heterocycles. The van der Waals surface area contributed by atoms with E-state index < -0.39 is 24.0 Å². The molecular formula is C14H18N2O5. The van der Waals surface area contributed by atoms with Gasteiger partial charge in [-0.3, -0.25) is 4.79 Å². The van der Waals surface area contributed by atoms with Crippen molar-refractivity contribution >= 4 is 11.9 Å². The molecule has 0 radical (unpaired) electrons. The van der Waals surface area contributed by atoms with Gasteiger partial charge in [-0.05, 0) is 24.1 Å². The van der Waals surface area contributed by atoms with Gasteiger partial charge in [0.2, 0.25) is 5.91 Å². The molecule has 0 saturated carbocycles. The van der Waals surface area contributed by atoms with Crippen LogP contribution in [0.3, 0.4) is 0 Å². The Morgan fingerprint density at radius 1 is 1.33 bits per heavy atom. The van der Waals surface area contributed by atoms with Gasteiger partial charge in [0.1, 0.15) is 6.04 Å². The van der Waals surface area contributed by atoms with E-state index in [2.05, 4.69) is 11.9 Å². The van der Waals surface area contributed by atoms with Crippen LogP contribution in [0, 0.1) is 0 Å². The van der Waals surface area contributed by atoms with Crippen LogP contribution in [0.5, 0.6) is 11.5 Å². The number of benzene rings is 1. The maximum atomic E-state index is 11.7. The van der Waals surface area contributed by atoms with Crippen molar-refractivity contribution in [1.29, 1.82) is 0 Å². The SMILES string of the molecule is C=CCC(N)C(=O)N[C@@H](Cc1ccc(O)c(O)c1)C(=O)O. The number of phenols is 2. The number of hydrogen-bond acceptors (Lipinski definition) is 5. The molecule has 6 N–H and O–H groups in total. The van der Waals surface area contributed by atoms with E-state index in [1.165, 1.54) is 24.3 Å². The van der Waals surface area contributed by atoms with Gasteiger partial charge in [-0.15, -0.1) is 6.58 Å². The number of aliphatic carboxylic acids is 1. The van der Waals surface area contributed by atoms with Crippen LogP contribution in [-0.2, 0) is 16.0 Å². The van der Waals surface area contributed by atoms with Crippen molar-refractivity contribution < 1.29 is 24.9 Å². The molecule has 0 heterocycles. The highest BCUT2D eigenvalue weighted by atomic mass is 16.4. The van der Waals surface area contributed by atoms with E-state index in [0.29, 0.717) is 5.56 Å². The fraction of sp³-hybridized carbons (Fsp3) is 0.286. The molecule has 114 valence electrons. The summed E-state index contributed by atoms with van der Waals surface area (Å²) in [6, 6.07) is 1.89. The number of rotatable bonds is 7. The Bertz CT molecular complexity index is 544. The number of aromatic hydroxyl groups is 2. The lowest BCUT2D eigenvalue weighted by molar-refractivity contribution is -0.141. The van der Waals surface area contributed by atoms with Crippen molar-refractivity contribution in [1.82, 2.24) is 5.32 Å². The molecule has 2 atom stereocenters. The van der Waals surface area contributed by atoms with Gasteiger partial charge >= 0.3 is 5.97 Å². The second kappa shape index (κ2) is 7.30. The number of carbonyl (C=O) groups excluding carboxylic acids is 1. The first-order valence-electron chi connectivity index (χ1n) is 6.25. The maximum absolute atomic E-state index is 11.7. The van der Waals surface area contributed by atoms with Gasteiger partial charge in [-0.2, -0.15) is 0 Å². The highest BCUT2D eigenvalue weighted by molar-refractivity contribution is 5.87. The van der Waals surface area contributed by atoms with Crippen LogP contribution in [0.25, 0.3) is 0 Å². The molecular weight excluding hydrogens is 276 g/mol. The lowest BCUT2D eigenvalue weighted by atomic mass is 10.0. The standard InChI is InChI=1S/C14H18N2O5/c1-2-3-9(15)13(19)16-10(14(20)21)6-8-4-5-11(17)12(18)7-8/h2,4-5,7,9-10,17-18H,1,3,6,15H2,(H,16,19)(H,20,21)/t9?,10-/m0/s1. The first-order chi connectivity index (χ1) is 9.85. The highest BCUT2D eigenvalue weighted by Crippen LogP contribution is 2.25. The predicted molar refractivity (Wildman–Crippen MR) is 75.8 cm³/mol. The smallest absolute Gasteiger partial charge is 0.326 e. The van der Waals surface area contributed by atoms with Crippen LogP contribution < -0.4 is 11.1 Å². The number of nitrogens with one attached hydrogen (secondary N) is 1. The summed E-state index contributed by atoms with van der Waals surface area (Å²) in [4.78, 5) is 22.9. The van der Waals surface area contributed by atoms with Gasteiger partial charge in [-0.1, -0.05) is 12.1 Å². The molecule has 1 amide bonds. The van der Waals surface area contributed by atoms with Gasteiger partial charge in [0.15, 0.2) is 11.5 Å². The summed E-state index contributed by atoms with van der Waals surface area (Å²) in [6.07, 6.45) is 1.66. The zero-order valence-electron chi connectivity index (χ0n) is 11.3. The van der Waals surface area contributed by atoms with Crippen molar-refractivity contribution in [2.75, 3.05) is 0 Å². The summed E-state index contributed by atoms with van der Waals surface area (Å²) in [6.45, 7) is 3.46. The summed E-state index contributed by atoms with van der Waals surface area (Å²) < 4.78 is 0. The van der Waals surface area contributed by atoms with Crippen LogP contribution in [-0.4, -0.2) is 39.3 Å². The molecule has 0 aliphatic rings. The number of carbonyl (C=O) groups is 2. The summed E-state index contributed by atoms with van der Waals surface area (Å²) >= 11 is 0. The summed E-state index contributed by atoms with van der Waals surface area (Å²) in [5, 5.41) is 30.0. The Balaban J connectivity index is 2.78. The third-order valence-electron chi connectivity index (χ3n) is 2.85. The molecule has 1 aromatic carbocycles. The van der Waals surface area contributed by atoms with Gasteiger partial charge in [-0.25, -0.2) is 4.79 Å². The maximum Gasteiger partial charge on any atom is 0.326 e. The molecule has 0 spiro atoms. The Kier molecular flexibility index (Phi) is 5.74. The zero-order valence-corrected chi connectivity index (χ0v) is 11.3. The van der Waals surface area contributed by atoms with E-state index in [-0.39, 0.29) is 24.3 Å². The summed E-state index contributed by atoms with van der Waals surface area (Å²) in [5.74, 6) is -2.47. The summed E-state index contributed by atoms with van der Waals surface area (Å²) in [7, 11) is 0. The molecule has 0 aliphatic carbocycles. The van der Waals surface area contributed by atoms with Crippen LogP contribution >= 0.6 is 0 Å². The van der Waals surface area contributed by atoms with E-state index >= 15 is 0 Å². The van der Waals surface area contributed by atoms with Crippen molar-refractivity contribution in [2.24, 2.45) is 5.73 Å². The number of amides is 1. The lowest BCUT2D eigenvalue weighted by Crippen LogP contribution is -2.49. The number of carboxylic acids is 1. The number of nitrogens with two attached hydrogens (primary N) is 1. The van der Waals surface area contributed by atoms with Gasteiger partial charge in [0.25, 0.3) is 0 Å². The molecule has 0 aliphatic heterocycles. The molecule has 1 aromatic rings. The summed E-state index contributed by atoms with van der Waals surface area (Å²) in [5.41, 5.74) is 6.02. The minimum absolute atomic E-state index is 0.0459. The molecule has 0 fully saturated rings. The topological polar surface area (TPSA) is 133 Å². The minimum Gasteiger partial charge on any atom is -0.504 e. The van der Waals surface area contributed by atoms with E-state index in [1.54, 1.807) is 0 Å². The molecule has 1 rings (SSSR count). The monoisotopic (exact) mass is 294 g/mol.